The first-order valence-electron chi connectivity index (χ1n) is 5.26. The highest BCUT2D eigenvalue weighted by atomic mass is 16.5. The van der Waals surface area contributed by atoms with Gasteiger partial charge in [0.2, 0.25) is 0 Å². The number of aryl methyl sites for hydroxylation is 1. The summed E-state index contributed by atoms with van der Waals surface area (Å²) in [6.45, 7) is 4.22. The fourth-order valence-corrected chi connectivity index (χ4v) is 1.75. The van der Waals surface area contributed by atoms with E-state index in [9.17, 15) is 5.11 Å². The Morgan fingerprint density at radius 1 is 1.38 bits per heavy atom. The molecule has 0 saturated carbocycles. The smallest absolute Gasteiger partial charge is 0.128 e. The third kappa shape index (κ3) is 2.93. The molecule has 0 spiro atoms. The van der Waals surface area contributed by atoms with Crippen LogP contribution in [0.5, 0.6) is 5.75 Å². The van der Waals surface area contributed by atoms with Crippen molar-refractivity contribution in [1.29, 1.82) is 0 Å². The Morgan fingerprint density at radius 3 is 2.62 bits per heavy atom. The average molecular weight is 225 g/mol. The van der Waals surface area contributed by atoms with Crippen molar-refractivity contribution in [2.45, 2.75) is 26.4 Å². The van der Waals surface area contributed by atoms with Crippen molar-refractivity contribution in [3.63, 3.8) is 0 Å². The number of nitrogens with zero attached hydrogens (tertiary/aromatic N) is 1. The number of aliphatic hydroxyl groups is 1. The van der Waals surface area contributed by atoms with Gasteiger partial charge in [-0.15, -0.1) is 0 Å². The molecule has 1 aromatic rings. The molecule has 1 aromatic heterocycles. The van der Waals surface area contributed by atoms with Crippen LogP contribution in [0, 0.1) is 13.8 Å². The van der Waals surface area contributed by atoms with E-state index in [4.69, 9.17) is 9.47 Å². The van der Waals surface area contributed by atoms with Crippen LogP contribution in [0.25, 0.3) is 0 Å². The summed E-state index contributed by atoms with van der Waals surface area (Å²) in [5.41, 5.74) is 2.84. The molecule has 0 aliphatic rings. The van der Waals surface area contributed by atoms with Crippen molar-refractivity contribution in [2.75, 3.05) is 20.8 Å². The molecular formula is C12H19NO3. The Labute approximate surface area is 96.2 Å². The second-order valence-corrected chi connectivity index (χ2v) is 3.86. The molecule has 1 N–H and O–H groups in total. The standard InChI is InChI=1S/C12H19NO3/c1-8-6-13-11(5-10(14)7-15-3)9(2)12(8)16-4/h6,10,14H,5,7H2,1-4H3. The van der Waals surface area contributed by atoms with Crippen LogP contribution in [0.1, 0.15) is 16.8 Å². The highest BCUT2D eigenvalue weighted by molar-refractivity contribution is 5.41. The van der Waals surface area contributed by atoms with Gasteiger partial charge in [-0.05, 0) is 13.8 Å². The van der Waals surface area contributed by atoms with Crippen LogP contribution < -0.4 is 4.74 Å². The average Bonchev–Trinajstić information content (AvgIpc) is 2.23. The Kier molecular flexibility index (Phi) is 4.71. The van der Waals surface area contributed by atoms with E-state index in [0.717, 1.165) is 22.6 Å². The van der Waals surface area contributed by atoms with Crippen LogP contribution in [-0.2, 0) is 11.2 Å². The Bertz CT molecular complexity index is 352. The van der Waals surface area contributed by atoms with Crippen LogP contribution in [0.3, 0.4) is 0 Å². The van der Waals surface area contributed by atoms with E-state index < -0.39 is 6.10 Å². The lowest BCUT2D eigenvalue weighted by molar-refractivity contribution is 0.0643. The second-order valence-electron chi connectivity index (χ2n) is 3.86. The molecule has 1 atom stereocenters. The molecule has 0 aliphatic carbocycles. The van der Waals surface area contributed by atoms with Crippen LogP contribution >= 0.6 is 0 Å². The molecule has 4 heteroatoms. The number of rotatable bonds is 5. The first-order valence-corrected chi connectivity index (χ1v) is 5.26. The van der Waals surface area contributed by atoms with E-state index in [1.807, 2.05) is 13.8 Å². The Morgan fingerprint density at radius 2 is 2.06 bits per heavy atom. The Hall–Kier alpha value is -1.13. The van der Waals surface area contributed by atoms with E-state index in [1.165, 1.54) is 0 Å². The van der Waals surface area contributed by atoms with E-state index in [-0.39, 0.29) is 0 Å². The van der Waals surface area contributed by atoms with Gasteiger partial charge in [0.25, 0.3) is 0 Å². The molecule has 1 heterocycles. The number of aromatic nitrogens is 1. The number of methoxy groups -OCH3 is 2. The molecule has 90 valence electrons. The zero-order chi connectivity index (χ0) is 12.1. The zero-order valence-corrected chi connectivity index (χ0v) is 10.3. The molecule has 0 radical (unpaired) electrons. The summed E-state index contributed by atoms with van der Waals surface area (Å²) in [5, 5.41) is 9.65. The van der Waals surface area contributed by atoms with Gasteiger partial charge in [-0.25, -0.2) is 0 Å². The SMILES string of the molecule is COCC(O)Cc1ncc(C)c(OC)c1C. The topological polar surface area (TPSA) is 51.6 Å². The van der Waals surface area contributed by atoms with Gasteiger partial charge in [0, 0.05) is 36.5 Å². The molecule has 1 unspecified atom stereocenters. The van der Waals surface area contributed by atoms with Crippen molar-refractivity contribution in [3.8, 4) is 5.75 Å². The fourth-order valence-electron chi connectivity index (χ4n) is 1.75. The van der Waals surface area contributed by atoms with Crippen molar-refractivity contribution in [2.24, 2.45) is 0 Å². The zero-order valence-electron chi connectivity index (χ0n) is 10.3. The summed E-state index contributed by atoms with van der Waals surface area (Å²) in [5.74, 6) is 0.842. The summed E-state index contributed by atoms with van der Waals surface area (Å²) in [6.07, 6.45) is 1.72. The lowest BCUT2D eigenvalue weighted by atomic mass is 10.1. The van der Waals surface area contributed by atoms with Crippen molar-refractivity contribution < 1.29 is 14.6 Å². The summed E-state index contributed by atoms with van der Waals surface area (Å²) in [4.78, 5) is 4.31. The number of ether oxygens (including phenoxy) is 2. The van der Waals surface area contributed by atoms with Gasteiger partial charge in [0.15, 0.2) is 0 Å². The van der Waals surface area contributed by atoms with E-state index in [1.54, 1.807) is 20.4 Å². The molecule has 0 saturated heterocycles. The van der Waals surface area contributed by atoms with Crippen molar-refractivity contribution in [3.05, 3.63) is 23.0 Å². The molecule has 0 bridgehead atoms. The van der Waals surface area contributed by atoms with Gasteiger partial charge in [0.05, 0.1) is 19.8 Å². The Balaban J connectivity index is 2.89. The largest absolute Gasteiger partial charge is 0.496 e. The van der Waals surface area contributed by atoms with E-state index in [2.05, 4.69) is 4.98 Å². The predicted octanol–water partition coefficient (Wildman–Crippen LogP) is 1.26. The summed E-state index contributed by atoms with van der Waals surface area (Å²) in [6, 6.07) is 0. The summed E-state index contributed by atoms with van der Waals surface area (Å²) < 4.78 is 10.2. The van der Waals surface area contributed by atoms with Crippen molar-refractivity contribution >= 4 is 0 Å². The number of aliphatic hydroxyl groups excluding tert-OH is 1. The van der Waals surface area contributed by atoms with Crippen LogP contribution in [0.2, 0.25) is 0 Å². The summed E-state index contributed by atoms with van der Waals surface area (Å²) >= 11 is 0. The molecule has 0 aliphatic heterocycles. The second kappa shape index (κ2) is 5.82. The highest BCUT2D eigenvalue weighted by Crippen LogP contribution is 2.24. The number of hydrogen-bond donors (Lipinski definition) is 1. The summed E-state index contributed by atoms with van der Waals surface area (Å²) in [7, 11) is 3.21. The van der Waals surface area contributed by atoms with Gasteiger partial charge in [-0.1, -0.05) is 0 Å². The highest BCUT2D eigenvalue weighted by Gasteiger charge is 2.13. The minimum atomic E-state index is -0.524. The van der Waals surface area contributed by atoms with Gasteiger partial charge < -0.3 is 14.6 Å². The maximum atomic E-state index is 9.65. The lowest BCUT2D eigenvalue weighted by Gasteiger charge is -2.14. The third-order valence-corrected chi connectivity index (χ3v) is 2.54. The van der Waals surface area contributed by atoms with Crippen LogP contribution in [0.4, 0.5) is 0 Å². The van der Waals surface area contributed by atoms with Gasteiger partial charge >= 0.3 is 0 Å². The molecule has 0 fully saturated rings. The normalized spacial score (nSPS) is 12.6. The maximum Gasteiger partial charge on any atom is 0.128 e. The lowest BCUT2D eigenvalue weighted by Crippen LogP contribution is -2.18. The minimum Gasteiger partial charge on any atom is -0.496 e. The molecule has 0 aromatic carbocycles. The van der Waals surface area contributed by atoms with E-state index in [0.29, 0.717) is 13.0 Å². The fraction of sp³-hybridized carbons (Fsp3) is 0.583. The first-order chi connectivity index (χ1) is 7.60. The first kappa shape index (κ1) is 12.9. The molecule has 16 heavy (non-hydrogen) atoms. The maximum absolute atomic E-state index is 9.65. The van der Waals surface area contributed by atoms with Gasteiger partial charge in [-0.2, -0.15) is 0 Å². The third-order valence-electron chi connectivity index (χ3n) is 2.54. The quantitative estimate of drug-likeness (QED) is 0.819. The molecule has 4 nitrogen and oxygen atoms in total. The molecular weight excluding hydrogens is 206 g/mol. The molecule has 0 amide bonds. The van der Waals surface area contributed by atoms with E-state index >= 15 is 0 Å². The predicted molar refractivity (Wildman–Crippen MR) is 61.8 cm³/mol. The monoisotopic (exact) mass is 225 g/mol. The van der Waals surface area contributed by atoms with Crippen LogP contribution in [0.15, 0.2) is 6.20 Å². The molecule has 1 rings (SSSR count). The van der Waals surface area contributed by atoms with Crippen molar-refractivity contribution in [1.82, 2.24) is 4.98 Å². The van der Waals surface area contributed by atoms with Gasteiger partial charge in [0.1, 0.15) is 5.75 Å². The number of pyridine rings is 1. The van der Waals surface area contributed by atoms with Crippen LogP contribution in [-0.4, -0.2) is 37.0 Å². The minimum absolute atomic E-state index is 0.317. The number of hydrogen-bond acceptors (Lipinski definition) is 4. The van der Waals surface area contributed by atoms with Gasteiger partial charge in [-0.3, -0.25) is 4.98 Å².